The quantitative estimate of drug-likeness (QED) is 0.595. The molecule has 0 aromatic heterocycles. The van der Waals surface area contributed by atoms with Gasteiger partial charge in [0, 0.05) is 23.2 Å². The van der Waals surface area contributed by atoms with E-state index in [-0.39, 0.29) is 47.9 Å². The molecule has 5 nitrogen and oxygen atoms in total. The summed E-state index contributed by atoms with van der Waals surface area (Å²) in [7, 11) is 0. The van der Waals surface area contributed by atoms with Crippen molar-refractivity contribution in [1.82, 2.24) is 0 Å². The second-order valence-electron chi connectivity index (χ2n) is 9.42. The molecule has 3 fully saturated rings. The van der Waals surface area contributed by atoms with Crippen molar-refractivity contribution >= 4 is 23.6 Å². The standard InChI is InChI=1S/C22H26O5/c1-12-8-16-15-5-4-13-9-14(24)6-7-20(13,2)19(15)17(25)10-21(16,3)22(12,27)18(26)11-23/h6-7,9,11-12,15-16,19,27H,4-5,8,10H2,1-3H3/t12-,15-,16-,19+,20-,21-,22-/m0/s1. The largest absolute Gasteiger partial charge is 0.381 e. The molecule has 0 saturated heterocycles. The van der Waals surface area contributed by atoms with Gasteiger partial charge in [-0.25, -0.2) is 0 Å². The van der Waals surface area contributed by atoms with Crippen LogP contribution in [-0.4, -0.2) is 34.3 Å². The Balaban J connectivity index is 1.80. The minimum atomic E-state index is -1.78. The summed E-state index contributed by atoms with van der Waals surface area (Å²) in [5.41, 5.74) is -2.17. The Kier molecular flexibility index (Phi) is 3.81. The lowest BCUT2D eigenvalue weighted by Gasteiger charge is -2.56. The lowest BCUT2D eigenvalue weighted by molar-refractivity contribution is -0.171. The molecule has 0 aliphatic heterocycles. The molecule has 4 aliphatic rings. The summed E-state index contributed by atoms with van der Waals surface area (Å²) in [6.45, 7) is 5.64. The maximum absolute atomic E-state index is 13.4. The number of ketones is 3. The number of carbonyl (C=O) groups excluding carboxylic acids is 4. The van der Waals surface area contributed by atoms with Crippen LogP contribution in [0.3, 0.4) is 0 Å². The Morgan fingerprint density at radius 3 is 2.67 bits per heavy atom. The first-order valence-corrected chi connectivity index (χ1v) is 9.78. The van der Waals surface area contributed by atoms with Gasteiger partial charge in [0.05, 0.1) is 0 Å². The summed E-state index contributed by atoms with van der Waals surface area (Å²) in [5, 5.41) is 11.3. The van der Waals surface area contributed by atoms with E-state index >= 15 is 0 Å². The van der Waals surface area contributed by atoms with Gasteiger partial charge in [-0.15, -0.1) is 0 Å². The summed E-state index contributed by atoms with van der Waals surface area (Å²) in [6.07, 6.45) is 7.52. The Labute approximate surface area is 158 Å². The minimum Gasteiger partial charge on any atom is -0.381 e. The zero-order chi connectivity index (χ0) is 19.8. The average Bonchev–Trinajstić information content (AvgIpc) is 2.82. The highest BCUT2D eigenvalue weighted by Crippen LogP contribution is 2.67. The van der Waals surface area contributed by atoms with Gasteiger partial charge in [-0.1, -0.05) is 32.4 Å². The summed E-state index contributed by atoms with van der Waals surface area (Å²) in [4.78, 5) is 48.8. The fourth-order valence-electron chi connectivity index (χ4n) is 6.98. The predicted octanol–water partition coefficient (Wildman–Crippen LogP) is 2.22. The van der Waals surface area contributed by atoms with E-state index in [1.54, 1.807) is 19.1 Å². The normalized spacial score (nSPS) is 48.4. The third-order valence-electron chi connectivity index (χ3n) is 8.32. The van der Waals surface area contributed by atoms with Crippen molar-refractivity contribution in [2.75, 3.05) is 0 Å². The lowest BCUT2D eigenvalue weighted by Crippen LogP contribution is -2.61. The number of hydrogen-bond donors (Lipinski definition) is 1. The molecule has 4 aliphatic carbocycles. The van der Waals surface area contributed by atoms with Crippen molar-refractivity contribution in [3.8, 4) is 0 Å². The van der Waals surface area contributed by atoms with Crippen LogP contribution in [0.25, 0.3) is 0 Å². The number of fused-ring (bicyclic) bond motifs is 5. The predicted molar refractivity (Wildman–Crippen MR) is 97.6 cm³/mol. The maximum atomic E-state index is 13.4. The maximum Gasteiger partial charge on any atom is 0.227 e. The summed E-state index contributed by atoms with van der Waals surface area (Å²) < 4.78 is 0. The van der Waals surface area contributed by atoms with Crippen molar-refractivity contribution in [3.63, 3.8) is 0 Å². The van der Waals surface area contributed by atoms with Crippen molar-refractivity contribution < 1.29 is 24.3 Å². The van der Waals surface area contributed by atoms with Crippen molar-refractivity contribution in [2.45, 2.75) is 52.1 Å². The van der Waals surface area contributed by atoms with Crippen LogP contribution in [0.2, 0.25) is 0 Å². The second kappa shape index (κ2) is 5.57. The van der Waals surface area contributed by atoms with Crippen LogP contribution in [0.15, 0.2) is 23.8 Å². The molecular weight excluding hydrogens is 344 g/mol. The van der Waals surface area contributed by atoms with Crippen molar-refractivity contribution in [3.05, 3.63) is 23.8 Å². The molecule has 0 aromatic rings. The first-order chi connectivity index (χ1) is 12.6. The zero-order valence-corrected chi connectivity index (χ0v) is 16.0. The molecule has 27 heavy (non-hydrogen) atoms. The first-order valence-electron chi connectivity index (χ1n) is 9.78. The number of rotatable bonds is 2. The van der Waals surface area contributed by atoms with E-state index in [4.69, 9.17) is 0 Å². The van der Waals surface area contributed by atoms with E-state index in [1.165, 1.54) is 0 Å². The SMILES string of the molecule is C[C@H]1C[C@H]2[C@@H]3CCC4=CC(=O)C=C[C@]4(C)[C@H]3C(=O)C[C@]2(C)[C@@]1(O)C(=O)C=O. The van der Waals surface area contributed by atoms with Gasteiger partial charge < -0.3 is 5.11 Å². The topological polar surface area (TPSA) is 88.5 Å². The average molecular weight is 370 g/mol. The van der Waals surface area contributed by atoms with Gasteiger partial charge in [0.15, 0.2) is 12.1 Å². The molecule has 0 unspecified atom stereocenters. The van der Waals surface area contributed by atoms with Crippen molar-refractivity contribution in [1.29, 1.82) is 0 Å². The molecule has 0 bridgehead atoms. The van der Waals surface area contributed by atoms with E-state index in [0.717, 1.165) is 18.4 Å². The van der Waals surface area contributed by atoms with E-state index in [2.05, 4.69) is 0 Å². The highest BCUT2D eigenvalue weighted by Gasteiger charge is 2.70. The third kappa shape index (κ3) is 2.09. The fraction of sp³-hybridized carbons (Fsp3) is 0.636. The Morgan fingerprint density at radius 1 is 1.30 bits per heavy atom. The molecule has 0 radical (unpaired) electrons. The molecule has 5 heteroatoms. The van der Waals surface area contributed by atoms with Crippen LogP contribution < -0.4 is 0 Å². The molecule has 4 rings (SSSR count). The molecule has 0 aromatic carbocycles. The van der Waals surface area contributed by atoms with Crippen LogP contribution in [0.4, 0.5) is 0 Å². The Bertz CT molecular complexity index is 823. The summed E-state index contributed by atoms with van der Waals surface area (Å²) in [5.74, 6) is -1.41. The van der Waals surface area contributed by atoms with Gasteiger partial charge in [-0.05, 0) is 49.2 Å². The number of allylic oxidation sites excluding steroid dienone is 4. The van der Waals surface area contributed by atoms with Crippen LogP contribution in [0.1, 0.15) is 46.5 Å². The number of aliphatic hydroxyl groups is 1. The number of aldehydes is 1. The van der Waals surface area contributed by atoms with Gasteiger partial charge in [0.25, 0.3) is 0 Å². The van der Waals surface area contributed by atoms with E-state index < -0.39 is 22.2 Å². The van der Waals surface area contributed by atoms with Gasteiger partial charge in [0.2, 0.25) is 5.78 Å². The molecule has 0 amide bonds. The molecule has 1 N–H and O–H groups in total. The Morgan fingerprint density at radius 2 is 2.00 bits per heavy atom. The smallest absolute Gasteiger partial charge is 0.227 e. The fourth-order valence-corrected chi connectivity index (χ4v) is 6.98. The molecule has 7 atom stereocenters. The number of hydrogen-bond acceptors (Lipinski definition) is 5. The monoisotopic (exact) mass is 370 g/mol. The van der Waals surface area contributed by atoms with Gasteiger partial charge >= 0.3 is 0 Å². The van der Waals surface area contributed by atoms with Crippen LogP contribution in [0.5, 0.6) is 0 Å². The summed E-state index contributed by atoms with van der Waals surface area (Å²) in [6, 6.07) is 0. The highest BCUT2D eigenvalue weighted by molar-refractivity contribution is 6.29. The van der Waals surface area contributed by atoms with Crippen LogP contribution in [-0.2, 0) is 19.2 Å². The van der Waals surface area contributed by atoms with E-state index in [0.29, 0.717) is 6.42 Å². The molecule has 0 heterocycles. The van der Waals surface area contributed by atoms with Gasteiger partial charge in [0.1, 0.15) is 11.4 Å². The zero-order valence-electron chi connectivity index (χ0n) is 16.0. The molecule has 0 spiro atoms. The van der Waals surface area contributed by atoms with Crippen LogP contribution in [0, 0.1) is 34.5 Å². The highest BCUT2D eigenvalue weighted by atomic mass is 16.3. The molecule has 3 saturated carbocycles. The lowest BCUT2D eigenvalue weighted by atomic mass is 9.46. The van der Waals surface area contributed by atoms with E-state index in [9.17, 15) is 24.3 Å². The van der Waals surface area contributed by atoms with Crippen LogP contribution >= 0.6 is 0 Å². The first kappa shape index (κ1) is 18.5. The molecular formula is C22H26O5. The van der Waals surface area contributed by atoms with Gasteiger partial charge in [-0.2, -0.15) is 0 Å². The summed E-state index contributed by atoms with van der Waals surface area (Å²) >= 11 is 0. The third-order valence-corrected chi connectivity index (χ3v) is 8.32. The number of Topliss-reactive ketones (excluding diaryl/α,β-unsaturated/α-hetero) is 2. The molecule has 144 valence electrons. The van der Waals surface area contributed by atoms with Gasteiger partial charge in [-0.3, -0.25) is 19.2 Å². The minimum absolute atomic E-state index is 0.00602. The Hall–Kier alpha value is -1.88. The van der Waals surface area contributed by atoms with E-state index in [1.807, 2.05) is 19.9 Å². The second-order valence-corrected chi connectivity index (χ2v) is 9.42. The van der Waals surface area contributed by atoms with Crippen molar-refractivity contribution in [2.24, 2.45) is 34.5 Å². The number of carbonyl (C=O) groups is 4.